The maximum Gasteiger partial charge on any atom is 0.198 e. The van der Waals surface area contributed by atoms with Crippen LogP contribution in [0.15, 0.2) is 35.5 Å². The van der Waals surface area contributed by atoms with Gasteiger partial charge in [0.25, 0.3) is 0 Å². The summed E-state index contributed by atoms with van der Waals surface area (Å²) in [6, 6.07) is 9.08. The summed E-state index contributed by atoms with van der Waals surface area (Å²) in [5.74, 6) is 0.230. The standard InChI is InChI=1S/C12H13N3O2/c1-8-9(2)15(17)12(13-8)11(14-16)10-6-4-3-5-7-10/h3-7,16-17H,1-2H3/b14-11-. The van der Waals surface area contributed by atoms with Gasteiger partial charge in [-0.25, -0.2) is 4.98 Å². The molecule has 0 unspecified atom stereocenters. The maximum atomic E-state index is 9.84. The van der Waals surface area contributed by atoms with E-state index in [0.29, 0.717) is 17.0 Å². The molecule has 0 atom stereocenters. The number of rotatable bonds is 2. The van der Waals surface area contributed by atoms with Crippen LogP contribution in [0.25, 0.3) is 0 Å². The number of oxime groups is 1. The van der Waals surface area contributed by atoms with Crippen molar-refractivity contribution in [2.75, 3.05) is 0 Å². The number of benzene rings is 1. The Morgan fingerprint density at radius 1 is 1.24 bits per heavy atom. The molecule has 88 valence electrons. The van der Waals surface area contributed by atoms with Crippen LogP contribution in [0.2, 0.25) is 0 Å². The Hall–Kier alpha value is -2.30. The Kier molecular flexibility index (Phi) is 2.82. The number of imidazole rings is 1. The van der Waals surface area contributed by atoms with Crippen molar-refractivity contribution in [3.63, 3.8) is 0 Å². The molecule has 2 aromatic rings. The summed E-state index contributed by atoms with van der Waals surface area (Å²) in [5, 5.41) is 22.1. The average Bonchev–Trinajstić information content (AvgIpc) is 2.60. The Morgan fingerprint density at radius 3 is 2.35 bits per heavy atom. The van der Waals surface area contributed by atoms with Gasteiger partial charge in [0.2, 0.25) is 0 Å². The van der Waals surface area contributed by atoms with Crippen LogP contribution in [0.3, 0.4) is 0 Å². The second-order valence-electron chi connectivity index (χ2n) is 3.73. The summed E-state index contributed by atoms with van der Waals surface area (Å²) in [6.45, 7) is 3.53. The first-order valence-corrected chi connectivity index (χ1v) is 5.18. The van der Waals surface area contributed by atoms with Crippen molar-refractivity contribution in [3.8, 4) is 0 Å². The molecule has 0 radical (unpaired) electrons. The fourth-order valence-electron chi connectivity index (χ4n) is 1.58. The van der Waals surface area contributed by atoms with Crippen LogP contribution in [0.1, 0.15) is 22.8 Å². The maximum absolute atomic E-state index is 9.84. The number of aryl methyl sites for hydroxylation is 1. The van der Waals surface area contributed by atoms with E-state index in [9.17, 15) is 5.21 Å². The second kappa shape index (κ2) is 4.29. The van der Waals surface area contributed by atoms with Crippen molar-refractivity contribution in [2.45, 2.75) is 13.8 Å². The van der Waals surface area contributed by atoms with Gasteiger partial charge in [0.15, 0.2) is 11.5 Å². The molecule has 0 aliphatic carbocycles. The molecule has 0 aliphatic rings. The molecule has 0 amide bonds. The molecule has 5 nitrogen and oxygen atoms in total. The van der Waals surface area contributed by atoms with E-state index in [1.54, 1.807) is 26.0 Å². The van der Waals surface area contributed by atoms with Crippen LogP contribution >= 0.6 is 0 Å². The minimum Gasteiger partial charge on any atom is -0.427 e. The van der Waals surface area contributed by atoms with Crippen LogP contribution in [0.4, 0.5) is 0 Å². The van der Waals surface area contributed by atoms with Crippen LogP contribution < -0.4 is 0 Å². The second-order valence-corrected chi connectivity index (χ2v) is 3.73. The van der Waals surface area contributed by atoms with Crippen molar-refractivity contribution in [1.82, 2.24) is 9.71 Å². The van der Waals surface area contributed by atoms with Crippen LogP contribution in [0, 0.1) is 13.8 Å². The molecule has 2 N–H and O–H groups in total. The SMILES string of the molecule is Cc1nc(/C(=N\O)c2ccccc2)n(O)c1C. The van der Waals surface area contributed by atoms with Crippen LogP contribution in [-0.2, 0) is 0 Å². The zero-order chi connectivity index (χ0) is 12.4. The first-order valence-electron chi connectivity index (χ1n) is 5.18. The molecular formula is C12H13N3O2. The van der Waals surface area contributed by atoms with Gasteiger partial charge < -0.3 is 10.4 Å². The Morgan fingerprint density at radius 2 is 1.88 bits per heavy atom. The number of aromatic nitrogens is 2. The van der Waals surface area contributed by atoms with Gasteiger partial charge in [-0.1, -0.05) is 35.5 Å². The van der Waals surface area contributed by atoms with Crippen LogP contribution in [-0.4, -0.2) is 25.8 Å². The lowest BCUT2D eigenvalue weighted by molar-refractivity contribution is 0.177. The highest BCUT2D eigenvalue weighted by atomic mass is 16.5. The number of nitrogens with zero attached hydrogens (tertiary/aromatic N) is 3. The van der Waals surface area contributed by atoms with Crippen LogP contribution in [0.5, 0.6) is 0 Å². The quantitative estimate of drug-likeness (QED) is 0.359. The van der Waals surface area contributed by atoms with Gasteiger partial charge in [0.05, 0.1) is 11.4 Å². The Labute approximate surface area is 98.6 Å². The third kappa shape index (κ3) is 1.87. The third-order valence-electron chi connectivity index (χ3n) is 2.67. The van der Waals surface area contributed by atoms with E-state index in [1.807, 2.05) is 18.2 Å². The van der Waals surface area contributed by atoms with E-state index in [4.69, 9.17) is 5.21 Å². The molecule has 0 saturated heterocycles. The lowest BCUT2D eigenvalue weighted by atomic mass is 10.1. The molecular weight excluding hydrogens is 218 g/mol. The highest BCUT2D eigenvalue weighted by Crippen LogP contribution is 2.13. The summed E-state index contributed by atoms with van der Waals surface area (Å²) in [7, 11) is 0. The van der Waals surface area contributed by atoms with Gasteiger partial charge in [-0.05, 0) is 13.8 Å². The van der Waals surface area contributed by atoms with Gasteiger partial charge in [0, 0.05) is 5.56 Å². The molecule has 0 saturated carbocycles. The van der Waals surface area contributed by atoms with Crippen molar-refractivity contribution in [3.05, 3.63) is 53.1 Å². The first kappa shape index (κ1) is 11.2. The fraction of sp³-hybridized carbons (Fsp3) is 0.167. The van der Waals surface area contributed by atoms with Gasteiger partial charge >= 0.3 is 0 Å². The van der Waals surface area contributed by atoms with Gasteiger partial charge in [0.1, 0.15) is 0 Å². The van der Waals surface area contributed by atoms with E-state index in [1.165, 1.54) is 0 Å². The molecule has 17 heavy (non-hydrogen) atoms. The van der Waals surface area contributed by atoms with Gasteiger partial charge in [-0.2, -0.15) is 4.73 Å². The van der Waals surface area contributed by atoms with E-state index in [0.717, 1.165) is 4.73 Å². The summed E-state index contributed by atoms with van der Waals surface area (Å²) >= 11 is 0. The lowest BCUT2D eigenvalue weighted by Crippen LogP contribution is -2.11. The van der Waals surface area contributed by atoms with Gasteiger partial charge in [-0.15, -0.1) is 0 Å². The summed E-state index contributed by atoms with van der Waals surface area (Å²) in [6.07, 6.45) is 0. The molecule has 1 heterocycles. The summed E-state index contributed by atoms with van der Waals surface area (Å²) < 4.78 is 0.928. The molecule has 0 bridgehead atoms. The highest BCUT2D eigenvalue weighted by Gasteiger charge is 2.17. The van der Waals surface area contributed by atoms with Crippen molar-refractivity contribution in [2.24, 2.45) is 5.16 Å². The zero-order valence-corrected chi connectivity index (χ0v) is 9.62. The summed E-state index contributed by atoms with van der Waals surface area (Å²) in [5.41, 5.74) is 2.25. The molecule has 1 aromatic carbocycles. The predicted octanol–water partition coefficient (Wildman–Crippen LogP) is 1.96. The molecule has 1 aromatic heterocycles. The highest BCUT2D eigenvalue weighted by molar-refractivity contribution is 6.10. The normalized spacial score (nSPS) is 11.8. The van der Waals surface area contributed by atoms with Crippen molar-refractivity contribution in [1.29, 1.82) is 0 Å². The molecule has 0 spiro atoms. The Bertz CT molecular complexity index is 559. The van der Waals surface area contributed by atoms with E-state index >= 15 is 0 Å². The topological polar surface area (TPSA) is 70.6 Å². The Balaban J connectivity index is 2.55. The minimum atomic E-state index is 0.230. The fourth-order valence-corrected chi connectivity index (χ4v) is 1.58. The summed E-state index contributed by atoms with van der Waals surface area (Å²) in [4.78, 5) is 4.18. The monoisotopic (exact) mass is 231 g/mol. The minimum absolute atomic E-state index is 0.230. The smallest absolute Gasteiger partial charge is 0.198 e. The molecule has 0 aliphatic heterocycles. The molecule has 2 rings (SSSR count). The third-order valence-corrected chi connectivity index (χ3v) is 2.67. The largest absolute Gasteiger partial charge is 0.427 e. The van der Waals surface area contributed by atoms with Crippen molar-refractivity contribution >= 4 is 5.71 Å². The van der Waals surface area contributed by atoms with E-state index in [-0.39, 0.29) is 11.5 Å². The average molecular weight is 231 g/mol. The first-order chi connectivity index (χ1) is 8.15. The zero-order valence-electron chi connectivity index (χ0n) is 9.62. The molecule has 5 heteroatoms. The van der Waals surface area contributed by atoms with E-state index < -0.39 is 0 Å². The van der Waals surface area contributed by atoms with E-state index in [2.05, 4.69) is 10.1 Å². The number of hydrogen-bond acceptors (Lipinski definition) is 4. The number of hydrogen-bond donors (Lipinski definition) is 2. The predicted molar refractivity (Wildman–Crippen MR) is 62.8 cm³/mol. The molecule has 0 fully saturated rings. The lowest BCUT2D eigenvalue weighted by Gasteiger charge is -2.04. The van der Waals surface area contributed by atoms with Gasteiger partial charge in [-0.3, -0.25) is 0 Å². The van der Waals surface area contributed by atoms with Crippen molar-refractivity contribution < 1.29 is 10.4 Å².